The van der Waals surface area contributed by atoms with Crippen molar-refractivity contribution in [2.45, 2.75) is 40.7 Å². The molecule has 0 saturated carbocycles. The number of esters is 2. The minimum atomic E-state index is -0.653. The summed E-state index contributed by atoms with van der Waals surface area (Å²) in [7, 11) is 0. The van der Waals surface area contributed by atoms with Gasteiger partial charge in [0.1, 0.15) is 0 Å². The highest BCUT2D eigenvalue weighted by atomic mass is 32.1. The van der Waals surface area contributed by atoms with E-state index in [0.29, 0.717) is 16.8 Å². The van der Waals surface area contributed by atoms with E-state index in [2.05, 4.69) is 10.1 Å². The van der Waals surface area contributed by atoms with Gasteiger partial charge in [0.05, 0.1) is 28.4 Å². The van der Waals surface area contributed by atoms with E-state index in [4.69, 9.17) is 14.0 Å². The molecule has 0 aliphatic carbocycles. The quantitative estimate of drug-likeness (QED) is 0.610. The molecule has 0 N–H and O–H groups in total. The molecule has 0 spiro atoms. The van der Waals surface area contributed by atoms with Crippen molar-refractivity contribution in [2.75, 3.05) is 6.61 Å². The molecule has 0 unspecified atom stereocenters. The Morgan fingerprint density at radius 3 is 2.59 bits per heavy atom. The van der Waals surface area contributed by atoms with Crippen molar-refractivity contribution < 1.29 is 23.6 Å². The molecule has 0 aromatic carbocycles. The Hall–Kier alpha value is -2.74. The Morgan fingerprint density at radius 1 is 1.22 bits per heavy atom. The first-order valence-corrected chi connectivity index (χ1v) is 9.29. The van der Waals surface area contributed by atoms with Crippen molar-refractivity contribution in [2.24, 2.45) is 0 Å². The van der Waals surface area contributed by atoms with E-state index in [1.165, 1.54) is 0 Å². The van der Waals surface area contributed by atoms with Gasteiger partial charge in [0.2, 0.25) is 0 Å². The molecule has 8 heteroatoms. The molecular formula is C19H20N2O5S. The number of hydrogen-bond donors (Lipinski definition) is 0. The first-order valence-electron chi connectivity index (χ1n) is 8.47. The van der Waals surface area contributed by atoms with Crippen molar-refractivity contribution in [3.63, 3.8) is 0 Å². The summed E-state index contributed by atoms with van der Waals surface area (Å²) in [5.74, 6) is -1.25. The zero-order chi connectivity index (χ0) is 19.7. The average Bonchev–Trinajstić information content (AvgIpc) is 3.13. The van der Waals surface area contributed by atoms with Crippen molar-refractivity contribution in [1.82, 2.24) is 10.1 Å². The fraction of sp³-hybridized carbons (Fsp3) is 0.368. The van der Waals surface area contributed by atoms with Gasteiger partial charge >= 0.3 is 11.9 Å². The van der Waals surface area contributed by atoms with Gasteiger partial charge in [-0.15, -0.1) is 11.3 Å². The van der Waals surface area contributed by atoms with Gasteiger partial charge in [-0.2, -0.15) is 0 Å². The van der Waals surface area contributed by atoms with E-state index in [0.717, 1.165) is 15.3 Å². The van der Waals surface area contributed by atoms with Crippen molar-refractivity contribution >= 4 is 34.4 Å². The lowest BCUT2D eigenvalue weighted by atomic mass is 10.1. The molecule has 3 aromatic heterocycles. The first-order chi connectivity index (χ1) is 12.8. The van der Waals surface area contributed by atoms with Crippen molar-refractivity contribution in [3.8, 4) is 11.3 Å². The number of carbonyl (C=O) groups is 2. The van der Waals surface area contributed by atoms with Crippen LogP contribution in [-0.2, 0) is 14.3 Å². The summed E-state index contributed by atoms with van der Waals surface area (Å²) in [5, 5.41) is 4.38. The fourth-order valence-electron chi connectivity index (χ4n) is 2.78. The van der Waals surface area contributed by atoms with Crippen LogP contribution in [0.5, 0.6) is 0 Å². The molecule has 0 saturated heterocycles. The monoisotopic (exact) mass is 388 g/mol. The fourth-order valence-corrected chi connectivity index (χ4v) is 3.71. The minimum absolute atomic E-state index is 0.255. The topological polar surface area (TPSA) is 91.5 Å². The van der Waals surface area contributed by atoms with E-state index in [9.17, 15) is 9.59 Å². The summed E-state index contributed by atoms with van der Waals surface area (Å²) in [5.41, 5.74) is 2.55. The highest BCUT2D eigenvalue weighted by Crippen LogP contribution is 2.33. The number of pyridine rings is 1. The molecular weight excluding hydrogens is 368 g/mol. The van der Waals surface area contributed by atoms with Crippen LogP contribution in [0.3, 0.4) is 0 Å². The molecule has 0 amide bonds. The van der Waals surface area contributed by atoms with Crippen LogP contribution >= 0.6 is 11.3 Å². The van der Waals surface area contributed by atoms with Gasteiger partial charge < -0.3 is 14.0 Å². The smallest absolute Gasteiger partial charge is 0.344 e. The Bertz CT molecular complexity index is 1020. The molecule has 27 heavy (non-hydrogen) atoms. The number of ether oxygens (including phenoxy) is 2. The van der Waals surface area contributed by atoms with Crippen LogP contribution in [-0.4, -0.2) is 34.8 Å². The van der Waals surface area contributed by atoms with Crippen LogP contribution < -0.4 is 0 Å². The second kappa shape index (κ2) is 7.48. The molecule has 3 rings (SSSR count). The van der Waals surface area contributed by atoms with E-state index in [1.54, 1.807) is 38.2 Å². The lowest BCUT2D eigenvalue weighted by Gasteiger charge is -2.09. The summed E-state index contributed by atoms with van der Waals surface area (Å²) in [4.78, 5) is 31.0. The SMILES string of the molecule is Cc1cc(-c2cc(C(=O)OCC(=O)OC(C)C)c3c(C)noc3n2)c(C)s1. The van der Waals surface area contributed by atoms with Crippen molar-refractivity contribution in [1.29, 1.82) is 0 Å². The predicted octanol–water partition coefficient (Wildman–Crippen LogP) is 3.98. The van der Waals surface area contributed by atoms with Gasteiger partial charge in [-0.05, 0) is 46.8 Å². The Labute approximate surface area is 160 Å². The molecule has 0 aliphatic heterocycles. The number of hydrogen-bond acceptors (Lipinski definition) is 8. The summed E-state index contributed by atoms with van der Waals surface area (Å²) in [6.45, 7) is 8.71. The van der Waals surface area contributed by atoms with Crippen LogP contribution in [0.4, 0.5) is 0 Å². The summed E-state index contributed by atoms with van der Waals surface area (Å²) < 4.78 is 15.4. The zero-order valence-electron chi connectivity index (χ0n) is 15.8. The van der Waals surface area contributed by atoms with Crippen LogP contribution in [0.25, 0.3) is 22.4 Å². The van der Waals surface area contributed by atoms with Crippen LogP contribution in [0, 0.1) is 20.8 Å². The molecule has 3 heterocycles. The van der Waals surface area contributed by atoms with E-state index >= 15 is 0 Å². The second-order valence-corrected chi connectivity index (χ2v) is 7.91. The first kappa shape index (κ1) is 19.0. The lowest BCUT2D eigenvalue weighted by molar-refractivity contribution is -0.150. The summed E-state index contributed by atoms with van der Waals surface area (Å²) >= 11 is 1.65. The average molecular weight is 388 g/mol. The maximum Gasteiger partial charge on any atom is 0.344 e. The number of rotatable bonds is 5. The maximum atomic E-state index is 12.6. The summed E-state index contributed by atoms with van der Waals surface area (Å²) in [6, 6.07) is 3.66. The standard InChI is InChI=1S/C19H20N2O5S/c1-9(2)25-16(22)8-24-19(23)14-7-15(13-6-10(3)27-12(13)5)20-18-17(14)11(4)21-26-18/h6-7,9H,8H2,1-5H3. The number of aryl methyl sites for hydroxylation is 3. The van der Waals surface area contributed by atoms with Crippen LogP contribution in [0.1, 0.15) is 39.7 Å². The highest BCUT2D eigenvalue weighted by molar-refractivity contribution is 7.12. The highest BCUT2D eigenvalue weighted by Gasteiger charge is 2.22. The molecule has 0 atom stereocenters. The van der Waals surface area contributed by atoms with E-state index < -0.39 is 18.5 Å². The Kier molecular flexibility index (Phi) is 5.27. The number of aromatic nitrogens is 2. The molecule has 0 aliphatic rings. The van der Waals surface area contributed by atoms with Gasteiger partial charge in [-0.25, -0.2) is 14.6 Å². The molecule has 0 radical (unpaired) electrons. The second-order valence-electron chi connectivity index (χ2n) is 6.44. The van der Waals surface area contributed by atoms with Gasteiger partial charge in [0.15, 0.2) is 6.61 Å². The third-order valence-corrected chi connectivity index (χ3v) is 4.81. The van der Waals surface area contributed by atoms with Gasteiger partial charge in [0, 0.05) is 15.3 Å². The number of fused-ring (bicyclic) bond motifs is 1. The molecule has 0 bridgehead atoms. The third kappa shape index (κ3) is 4.00. The zero-order valence-corrected chi connectivity index (χ0v) is 16.6. The van der Waals surface area contributed by atoms with Crippen LogP contribution in [0.15, 0.2) is 16.7 Å². The third-order valence-electron chi connectivity index (χ3n) is 3.84. The number of nitrogens with zero attached hydrogens (tertiary/aromatic N) is 2. The maximum absolute atomic E-state index is 12.6. The minimum Gasteiger partial charge on any atom is -0.460 e. The largest absolute Gasteiger partial charge is 0.460 e. The van der Waals surface area contributed by atoms with Gasteiger partial charge in [-0.3, -0.25) is 0 Å². The van der Waals surface area contributed by atoms with E-state index in [1.807, 2.05) is 19.9 Å². The normalized spacial score (nSPS) is 11.2. The number of thiophene rings is 1. The molecule has 142 valence electrons. The predicted molar refractivity (Wildman–Crippen MR) is 101 cm³/mol. The Morgan fingerprint density at radius 2 is 1.96 bits per heavy atom. The lowest BCUT2D eigenvalue weighted by Crippen LogP contribution is -2.19. The molecule has 7 nitrogen and oxygen atoms in total. The molecule has 3 aromatic rings. The van der Waals surface area contributed by atoms with Crippen molar-refractivity contribution in [3.05, 3.63) is 33.1 Å². The van der Waals surface area contributed by atoms with E-state index in [-0.39, 0.29) is 17.4 Å². The molecule has 0 fully saturated rings. The number of carbonyl (C=O) groups excluding carboxylic acids is 2. The van der Waals surface area contributed by atoms with Gasteiger partial charge in [-0.1, -0.05) is 5.16 Å². The summed E-state index contributed by atoms with van der Waals surface area (Å²) in [6.07, 6.45) is -0.277. The Balaban J connectivity index is 1.98. The van der Waals surface area contributed by atoms with Gasteiger partial charge in [0.25, 0.3) is 5.71 Å². The van der Waals surface area contributed by atoms with Crippen LogP contribution in [0.2, 0.25) is 0 Å².